The van der Waals surface area contributed by atoms with Crippen LogP contribution < -0.4 is 4.74 Å². The molecule has 1 saturated heterocycles. The van der Waals surface area contributed by atoms with Gasteiger partial charge in [0.15, 0.2) is 0 Å². The predicted octanol–water partition coefficient (Wildman–Crippen LogP) is 4.79. The maximum absolute atomic E-state index is 13.2. The summed E-state index contributed by atoms with van der Waals surface area (Å²) >= 11 is 12.4. The minimum Gasteiger partial charge on any atom is -0.474 e. The highest BCUT2D eigenvalue weighted by atomic mass is 35.5. The van der Waals surface area contributed by atoms with Crippen molar-refractivity contribution in [1.29, 1.82) is 0 Å². The lowest BCUT2D eigenvalue weighted by Crippen LogP contribution is -2.32. The van der Waals surface area contributed by atoms with Crippen LogP contribution in [0.15, 0.2) is 48.8 Å². The van der Waals surface area contributed by atoms with Gasteiger partial charge in [-0.15, -0.1) is 6.42 Å². The van der Waals surface area contributed by atoms with Gasteiger partial charge in [0.05, 0.1) is 27.5 Å². The number of amides is 1. The first kappa shape index (κ1) is 23.0. The predicted molar refractivity (Wildman–Crippen MR) is 128 cm³/mol. The van der Waals surface area contributed by atoms with Crippen molar-refractivity contribution < 1.29 is 9.53 Å². The summed E-state index contributed by atoms with van der Waals surface area (Å²) in [6, 6.07) is 10.9. The highest BCUT2D eigenvalue weighted by Crippen LogP contribution is 2.38. The van der Waals surface area contributed by atoms with Crippen molar-refractivity contribution >= 4 is 29.1 Å². The second-order valence-corrected chi connectivity index (χ2v) is 8.91. The van der Waals surface area contributed by atoms with Gasteiger partial charge in [-0.1, -0.05) is 35.2 Å². The van der Waals surface area contributed by atoms with Crippen LogP contribution in [0.2, 0.25) is 10.0 Å². The van der Waals surface area contributed by atoms with E-state index in [4.69, 9.17) is 34.4 Å². The number of aryl methyl sites for hydroxylation is 1. The van der Waals surface area contributed by atoms with Crippen LogP contribution in [0.1, 0.15) is 40.0 Å². The van der Waals surface area contributed by atoms with Gasteiger partial charge in [-0.05, 0) is 43.7 Å². The molecule has 3 aromatic rings. The van der Waals surface area contributed by atoms with Crippen molar-refractivity contribution in [2.24, 2.45) is 5.92 Å². The first-order chi connectivity index (χ1) is 15.9. The highest BCUT2D eigenvalue weighted by Gasteiger charge is 2.40. The molecule has 8 heteroatoms. The molecule has 0 saturated carbocycles. The molecule has 0 N–H and O–H groups in total. The van der Waals surface area contributed by atoms with E-state index in [2.05, 4.69) is 21.1 Å². The molecule has 1 aromatic carbocycles. The molecule has 3 atom stereocenters. The number of ether oxygens (including phenoxy) is 1. The highest BCUT2D eigenvalue weighted by molar-refractivity contribution is 6.42. The second-order valence-electron chi connectivity index (χ2n) is 8.09. The van der Waals surface area contributed by atoms with Crippen LogP contribution in [0.25, 0.3) is 0 Å². The summed E-state index contributed by atoms with van der Waals surface area (Å²) in [7, 11) is 0. The van der Waals surface area contributed by atoms with Crippen LogP contribution in [0.3, 0.4) is 0 Å². The SMILES string of the molecule is C#Cc1ccc(OC(C)C2CN(C(=O)c3cnnc(C)c3)CC2c2ccc(Cl)c(Cl)c2)nc1. The number of aromatic nitrogens is 3. The zero-order chi connectivity index (χ0) is 23.5. The van der Waals surface area contributed by atoms with E-state index in [1.54, 1.807) is 30.5 Å². The van der Waals surface area contributed by atoms with E-state index in [1.165, 1.54) is 6.20 Å². The normalized spacial score (nSPS) is 18.6. The van der Waals surface area contributed by atoms with E-state index in [0.717, 1.165) is 5.56 Å². The van der Waals surface area contributed by atoms with Crippen LogP contribution in [-0.2, 0) is 0 Å². The van der Waals surface area contributed by atoms with Crippen molar-refractivity contribution in [3.63, 3.8) is 0 Å². The fourth-order valence-electron chi connectivity index (χ4n) is 4.15. The van der Waals surface area contributed by atoms with Crippen molar-refractivity contribution in [3.05, 3.63) is 81.2 Å². The molecule has 0 bridgehead atoms. The van der Waals surface area contributed by atoms with E-state index in [9.17, 15) is 4.79 Å². The number of nitrogens with zero attached hydrogens (tertiary/aromatic N) is 4. The third-order valence-corrected chi connectivity index (χ3v) is 6.60. The lowest BCUT2D eigenvalue weighted by molar-refractivity contribution is 0.0769. The van der Waals surface area contributed by atoms with E-state index in [-0.39, 0.29) is 23.8 Å². The monoisotopic (exact) mass is 480 g/mol. The van der Waals surface area contributed by atoms with Crippen molar-refractivity contribution in [2.75, 3.05) is 13.1 Å². The Balaban J connectivity index is 1.61. The van der Waals surface area contributed by atoms with Crippen molar-refractivity contribution in [1.82, 2.24) is 20.1 Å². The fourth-order valence-corrected chi connectivity index (χ4v) is 4.46. The zero-order valence-corrected chi connectivity index (χ0v) is 19.7. The van der Waals surface area contributed by atoms with E-state index >= 15 is 0 Å². The van der Waals surface area contributed by atoms with Gasteiger partial charge in [-0.3, -0.25) is 4.79 Å². The molecule has 2 aromatic heterocycles. The average molecular weight is 481 g/mol. The molecule has 0 aliphatic carbocycles. The van der Waals surface area contributed by atoms with Gasteiger partial charge in [-0.25, -0.2) is 4.98 Å². The van der Waals surface area contributed by atoms with E-state index in [0.29, 0.717) is 45.8 Å². The molecule has 0 radical (unpaired) electrons. The number of terminal acetylenes is 1. The van der Waals surface area contributed by atoms with Crippen molar-refractivity contribution in [2.45, 2.75) is 25.9 Å². The molecule has 1 fully saturated rings. The summed E-state index contributed by atoms with van der Waals surface area (Å²) in [4.78, 5) is 19.4. The Morgan fingerprint density at radius 3 is 2.67 bits per heavy atom. The smallest absolute Gasteiger partial charge is 0.255 e. The largest absolute Gasteiger partial charge is 0.474 e. The number of rotatable bonds is 5. The Morgan fingerprint density at radius 2 is 2.00 bits per heavy atom. The second kappa shape index (κ2) is 9.78. The summed E-state index contributed by atoms with van der Waals surface area (Å²) in [6.45, 7) is 4.82. The number of carbonyl (C=O) groups excluding carboxylic acids is 1. The lowest BCUT2D eigenvalue weighted by Gasteiger charge is -2.25. The first-order valence-corrected chi connectivity index (χ1v) is 11.2. The number of halogens is 2. The van der Waals surface area contributed by atoms with Crippen LogP contribution in [0, 0.1) is 25.2 Å². The molecular weight excluding hydrogens is 459 g/mol. The minimum atomic E-state index is -0.233. The maximum atomic E-state index is 13.2. The van der Waals surface area contributed by atoms with Crippen LogP contribution >= 0.6 is 23.2 Å². The molecule has 1 aliphatic heterocycles. The van der Waals surface area contributed by atoms with Crippen LogP contribution in [0.4, 0.5) is 0 Å². The molecular formula is C25H22Cl2N4O2. The maximum Gasteiger partial charge on any atom is 0.255 e. The Labute approximate surface area is 202 Å². The molecule has 168 valence electrons. The molecule has 3 unspecified atom stereocenters. The molecule has 4 rings (SSSR count). The summed E-state index contributed by atoms with van der Waals surface area (Å²) in [5.74, 6) is 2.93. The molecule has 0 spiro atoms. The Bertz CT molecular complexity index is 1210. The molecule has 33 heavy (non-hydrogen) atoms. The van der Waals surface area contributed by atoms with Gasteiger partial charge in [0.2, 0.25) is 5.88 Å². The fraction of sp³-hybridized carbons (Fsp3) is 0.280. The Morgan fingerprint density at radius 1 is 1.18 bits per heavy atom. The first-order valence-electron chi connectivity index (χ1n) is 10.5. The Kier molecular flexibility index (Phi) is 6.83. The molecule has 3 heterocycles. The average Bonchev–Trinajstić information content (AvgIpc) is 3.26. The summed E-state index contributed by atoms with van der Waals surface area (Å²) in [5.41, 5.74) is 2.88. The molecule has 1 amide bonds. The third-order valence-electron chi connectivity index (χ3n) is 5.86. The number of hydrogen-bond acceptors (Lipinski definition) is 5. The van der Waals surface area contributed by atoms with Gasteiger partial charge in [0.25, 0.3) is 5.91 Å². The Hall–Kier alpha value is -3.14. The topological polar surface area (TPSA) is 68.2 Å². The number of hydrogen-bond donors (Lipinski definition) is 0. The van der Waals surface area contributed by atoms with Gasteiger partial charge < -0.3 is 9.64 Å². The van der Waals surface area contributed by atoms with Gasteiger partial charge >= 0.3 is 0 Å². The number of pyridine rings is 1. The number of likely N-dealkylation sites (tertiary alicyclic amines) is 1. The van der Waals surface area contributed by atoms with Crippen molar-refractivity contribution in [3.8, 4) is 18.2 Å². The quantitative estimate of drug-likeness (QED) is 0.491. The summed E-state index contributed by atoms with van der Waals surface area (Å²) in [5, 5.41) is 8.83. The van der Waals surface area contributed by atoms with E-state index < -0.39 is 0 Å². The number of carbonyl (C=O) groups is 1. The number of benzene rings is 1. The lowest BCUT2D eigenvalue weighted by atomic mass is 9.86. The van der Waals surface area contributed by atoms with Crippen LogP contribution in [-0.4, -0.2) is 45.2 Å². The van der Waals surface area contributed by atoms with Gasteiger partial charge in [0.1, 0.15) is 6.10 Å². The van der Waals surface area contributed by atoms with Crippen LogP contribution in [0.5, 0.6) is 5.88 Å². The third kappa shape index (κ3) is 5.11. The van der Waals surface area contributed by atoms with Gasteiger partial charge in [0, 0.05) is 42.8 Å². The zero-order valence-electron chi connectivity index (χ0n) is 18.2. The van der Waals surface area contributed by atoms with E-state index in [1.807, 2.05) is 30.9 Å². The minimum absolute atomic E-state index is 0.000378. The summed E-state index contributed by atoms with van der Waals surface area (Å²) < 4.78 is 6.16. The summed E-state index contributed by atoms with van der Waals surface area (Å²) in [6.07, 6.45) is 8.27. The van der Waals surface area contributed by atoms with Gasteiger partial charge in [-0.2, -0.15) is 10.2 Å². The molecule has 6 nitrogen and oxygen atoms in total. The molecule has 1 aliphatic rings. The standard InChI is InChI=1S/C25H22Cl2N4O2/c1-4-17-5-8-24(28-11-17)33-16(3)20-13-31(25(32)19-9-15(2)30-29-12-19)14-21(20)18-6-7-22(26)23(27)10-18/h1,5-12,16,20-21H,13-14H2,2-3H3.